The van der Waals surface area contributed by atoms with Crippen LogP contribution < -0.4 is 5.43 Å². The van der Waals surface area contributed by atoms with E-state index in [0.717, 1.165) is 5.56 Å². The van der Waals surface area contributed by atoms with Crippen LogP contribution in [0.2, 0.25) is 15.1 Å². The number of rotatable bonds is 5. The SMILES string of the molecule is CCc1cc(-c2c(C)n(CC)c(-c3ccc(Cl)c(Cl)c3)c(C(=O)O)c2=O)ccc1Cl. The summed E-state index contributed by atoms with van der Waals surface area (Å²) in [5.74, 6) is -1.30. The zero-order chi connectivity index (χ0) is 22.2. The third-order valence-electron chi connectivity index (χ3n) is 5.17. The molecule has 0 spiro atoms. The molecule has 156 valence electrons. The Morgan fingerprint density at radius 3 is 2.17 bits per heavy atom. The molecule has 1 heterocycles. The van der Waals surface area contributed by atoms with Crippen molar-refractivity contribution in [3.63, 3.8) is 0 Å². The van der Waals surface area contributed by atoms with Crippen LogP contribution in [0, 0.1) is 6.92 Å². The summed E-state index contributed by atoms with van der Waals surface area (Å²) in [6, 6.07) is 10.2. The molecule has 3 aromatic rings. The second kappa shape index (κ2) is 8.84. The first-order chi connectivity index (χ1) is 14.2. The monoisotopic (exact) mass is 463 g/mol. The predicted molar refractivity (Wildman–Crippen MR) is 123 cm³/mol. The van der Waals surface area contributed by atoms with Gasteiger partial charge in [-0.2, -0.15) is 0 Å². The third kappa shape index (κ3) is 3.87. The van der Waals surface area contributed by atoms with Gasteiger partial charge in [0.2, 0.25) is 5.43 Å². The first kappa shape index (κ1) is 22.4. The Morgan fingerprint density at radius 2 is 1.60 bits per heavy atom. The highest BCUT2D eigenvalue weighted by Crippen LogP contribution is 2.33. The summed E-state index contributed by atoms with van der Waals surface area (Å²) in [7, 11) is 0. The number of aromatic carboxylic acids is 1. The average molecular weight is 465 g/mol. The highest BCUT2D eigenvalue weighted by Gasteiger charge is 2.26. The normalized spacial score (nSPS) is 11.0. The lowest BCUT2D eigenvalue weighted by molar-refractivity contribution is 0.0695. The van der Waals surface area contributed by atoms with Gasteiger partial charge in [-0.25, -0.2) is 4.79 Å². The van der Waals surface area contributed by atoms with Gasteiger partial charge in [-0.3, -0.25) is 4.79 Å². The van der Waals surface area contributed by atoms with Crippen molar-refractivity contribution < 1.29 is 9.90 Å². The van der Waals surface area contributed by atoms with E-state index in [1.807, 2.05) is 31.4 Å². The van der Waals surface area contributed by atoms with Crippen molar-refractivity contribution in [2.75, 3.05) is 0 Å². The fourth-order valence-electron chi connectivity index (χ4n) is 3.71. The van der Waals surface area contributed by atoms with E-state index in [4.69, 9.17) is 34.8 Å². The number of carboxylic acids is 1. The molecule has 0 aliphatic heterocycles. The molecular formula is C23H20Cl3NO3. The number of aromatic nitrogens is 1. The van der Waals surface area contributed by atoms with Crippen LogP contribution in [0.25, 0.3) is 22.4 Å². The quantitative estimate of drug-likeness (QED) is 0.455. The second-order valence-corrected chi connectivity index (χ2v) is 8.07. The molecule has 0 unspecified atom stereocenters. The van der Waals surface area contributed by atoms with E-state index >= 15 is 0 Å². The smallest absolute Gasteiger partial charge is 0.341 e. The zero-order valence-corrected chi connectivity index (χ0v) is 19.0. The number of carbonyl (C=O) groups is 1. The van der Waals surface area contributed by atoms with Crippen LogP contribution >= 0.6 is 34.8 Å². The van der Waals surface area contributed by atoms with Gasteiger partial charge >= 0.3 is 5.97 Å². The molecule has 7 heteroatoms. The standard InChI is InChI=1S/C23H20Cl3NO3/c1-4-13-10-14(6-8-16(13)24)19-12(3)27(5-2)21(20(22(19)28)23(29)30)15-7-9-17(25)18(26)11-15/h6-11H,4-5H2,1-3H3,(H,29,30). The summed E-state index contributed by atoms with van der Waals surface area (Å²) in [4.78, 5) is 25.7. The fraction of sp³-hybridized carbons (Fsp3) is 0.217. The largest absolute Gasteiger partial charge is 0.477 e. The summed E-state index contributed by atoms with van der Waals surface area (Å²) in [5.41, 5.74) is 2.52. The van der Waals surface area contributed by atoms with Crippen LogP contribution in [0.15, 0.2) is 41.2 Å². The number of hydrogen-bond acceptors (Lipinski definition) is 2. The van der Waals surface area contributed by atoms with Crippen molar-refractivity contribution in [1.82, 2.24) is 4.57 Å². The van der Waals surface area contributed by atoms with Gasteiger partial charge in [0.25, 0.3) is 0 Å². The van der Waals surface area contributed by atoms with Gasteiger partial charge in [0, 0.05) is 28.4 Å². The molecule has 4 nitrogen and oxygen atoms in total. The van der Waals surface area contributed by atoms with E-state index in [1.54, 1.807) is 30.3 Å². The van der Waals surface area contributed by atoms with E-state index in [-0.39, 0.29) is 10.6 Å². The maximum absolute atomic E-state index is 13.4. The van der Waals surface area contributed by atoms with E-state index in [1.165, 1.54) is 0 Å². The number of aryl methyl sites for hydroxylation is 1. The minimum Gasteiger partial charge on any atom is -0.477 e. The Bertz CT molecular complexity index is 1220. The van der Waals surface area contributed by atoms with Crippen LogP contribution in [-0.2, 0) is 13.0 Å². The maximum atomic E-state index is 13.4. The summed E-state index contributed by atoms with van der Waals surface area (Å²) < 4.78 is 1.82. The van der Waals surface area contributed by atoms with E-state index in [2.05, 4.69) is 0 Å². The molecule has 0 amide bonds. The van der Waals surface area contributed by atoms with E-state index < -0.39 is 11.4 Å². The van der Waals surface area contributed by atoms with E-state index in [0.29, 0.717) is 51.1 Å². The fourth-order valence-corrected chi connectivity index (χ4v) is 4.26. The van der Waals surface area contributed by atoms with Gasteiger partial charge in [-0.15, -0.1) is 0 Å². The number of carboxylic acid groups (broad SMARTS) is 1. The van der Waals surface area contributed by atoms with Crippen LogP contribution in [-0.4, -0.2) is 15.6 Å². The third-order valence-corrected chi connectivity index (χ3v) is 6.27. The number of pyridine rings is 1. The Balaban J connectivity index is 2.44. The van der Waals surface area contributed by atoms with Gasteiger partial charge in [-0.1, -0.05) is 53.9 Å². The molecule has 30 heavy (non-hydrogen) atoms. The van der Waals surface area contributed by atoms with Crippen LogP contribution in [0.1, 0.15) is 35.5 Å². The predicted octanol–water partition coefficient (Wildman–Crippen LogP) is 6.73. The molecule has 0 bridgehead atoms. The highest BCUT2D eigenvalue weighted by molar-refractivity contribution is 6.42. The summed E-state index contributed by atoms with van der Waals surface area (Å²) in [5, 5.41) is 11.2. The first-order valence-corrected chi connectivity index (χ1v) is 10.6. The second-order valence-electron chi connectivity index (χ2n) is 6.85. The van der Waals surface area contributed by atoms with Crippen LogP contribution in [0.3, 0.4) is 0 Å². The molecule has 0 saturated heterocycles. The number of nitrogens with zero attached hydrogens (tertiary/aromatic N) is 1. The zero-order valence-electron chi connectivity index (χ0n) is 16.7. The molecule has 0 aliphatic rings. The Kier molecular flexibility index (Phi) is 6.61. The average Bonchev–Trinajstić information content (AvgIpc) is 2.70. The van der Waals surface area contributed by atoms with Gasteiger partial charge in [-0.05, 0) is 55.7 Å². The first-order valence-electron chi connectivity index (χ1n) is 9.46. The highest BCUT2D eigenvalue weighted by atomic mass is 35.5. The van der Waals surface area contributed by atoms with Crippen molar-refractivity contribution in [2.45, 2.75) is 33.7 Å². The van der Waals surface area contributed by atoms with Crippen molar-refractivity contribution in [3.05, 3.63) is 78.5 Å². The topological polar surface area (TPSA) is 59.3 Å². The Labute approximate surface area is 189 Å². The van der Waals surface area contributed by atoms with Gasteiger partial charge in [0.15, 0.2) is 0 Å². The van der Waals surface area contributed by atoms with Crippen molar-refractivity contribution in [1.29, 1.82) is 0 Å². The molecule has 0 saturated carbocycles. The lowest BCUT2D eigenvalue weighted by Crippen LogP contribution is -2.25. The van der Waals surface area contributed by atoms with Crippen LogP contribution in [0.4, 0.5) is 0 Å². The van der Waals surface area contributed by atoms with Crippen molar-refractivity contribution >= 4 is 40.8 Å². The summed E-state index contributed by atoms with van der Waals surface area (Å²) in [6.07, 6.45) is 0.695. The van der Waals surface area contributed by atoms with Crippen LogP contribution in [0.5, 0.6) is 0 Å². The van der Waals surface area contributed by atoms with Gasteiger partial charge in [0.1, 0.15) is 5.56 Å². The molecule has 0 fully saturated rings. The van der Waals surface area contributed by atoms with Gasteiger partial charge < -0.3 is 9.67 Å². The lowest BCUT2D eigenvalue weighted by atomic mass is 9.95. The number of benzene rings is 2. The Morgan fingerprint density at radius 1 is 0.967 bits per heavy atom. The molecule has 0 aliphatic carbocycles. The van der Waals surface area contributed by atoms with Gasteiger partial charge in [0.05, 0.1) is 15.7 Å². The maximum Gasteiger partial charge on any atom is 0.341 e. The molecule has 1 N–H and O–H groups in total. The molecular weight excluding hydrogens is 445 g/mol. The molecule has 3 rings (SSSR count). The summed E-state index contributed by atoms with van der Waals surface area (Å²) >= 11 is 18.4. The lowest BCUT2D eigenvalue weighted by Gasteiger charge is -2.21. The minimum absolute atomic E-state index is 0.285. The number of halogens is 3. The molecule has 0 radical (unpaired) electrons. The van der Waals surface area contributed by atoms with E-state index in [9.17, 15) is 14.7 Å². The molecule has 0 atom stereocenters. The van der Waals surface area contributed by atoms with Crippen molar-refractivity contribution in [2.24, 2.45) is 0 Å². The summed E-state index contributed by atoms with van der Waals surface area (Å²) in [6.45, 7) is 6.14. The molecule has 1 aromatic heterocycles. The van der Waals surface area contributed by atoms with Crippen molar-refractivity contribution in [3.8, 4) is 22.4 Å². The number of hydrogen-bond donors (Lipinski definition) is 1. The molecule has 2 aromatic carbocycles. The Hall–Kier alpha value is -2.27. The minimum atomic E-state index is -1.30.